The molecule has 4 aromatic rings. The summed E-state index contributed by atoms with van der Waals surface area (Å²) in [5, 5.41) is 5.00. The highest BCUT2D eigenvalue weighted by Gasteiger charge is 2.51. The molecule has 1 aliphatic heterocycles. The maximum absolute atomic E-state index is 13.4. The molecule has 1 fully saturated rings. The van der Waals surface area contributed by atoms with E-state index in [1.807, 2.05) is 59.7 Å². The van der Waals surface area contributed by atoms with Gasteiger partial charge in [0.1, 0.15) is 5.75 Å². The number of carbonyl (C=O) groups is 1. The standard InChI is InChI=1S/C31H31BF3N5O4/c1-18-7-8-20(13-19(18)2)26-25(14-21(15-36-26)31(33,34)35)40-27(41)39-23-16-37-28(38-17-23)42-24-11-9-22(10-12-24)32-43-29(3,4)30(5,6)44-32/h7-17H,1-6H3,(H2,39,40,41). The van der Waals surface area contributed by atoms with Gasteiger partial charge in [0, 0.05) is 11.8 Å². The van der Waals surface area contributed by atoms with Crippen LogP contribution in [-0.2, 0) is 15.5 Å². The zero-order valence-corrected chi connectivity index (χ0v) is 25.0. The predicted octanol–water partition coefficient (Wildman–Crippen LogP) is 6.91. The van der Waals surface area contributed by atoms with Crippen LogP contribution < -0.4 is 20.8 Å². The number of pyridine rings is 1. The second kappa shape index (κ2) is 11.5. The summed E-state index contributed by atoms with van der Waals surface area (Å²) < 4.78 is 58.2. The molecule has 0 spiro atoms. The summed E-state index contributed by atoms with van der Waals surface area (Å²) in [4.78, 5) is 25.1. The van der Waals surface area contributed by atoms with Gasteiger partial charge in [-0.3, -0.25) is 4.98 Å². The first-order valence-electron chi connectivity index (χ1n) is 13.8. The fraction of sp³-hybridized carbons (Fsp3) is 0.290. The van der Waals surface area contributed by atoms with Crippen LogP contribution in [0.4, 0.5) is 29.3 Å². The van der Waals surface area contributed by atoms with Crippen LogP contribution in [0.2, 0.25) is 0 Å². The Morgan fingerprint density at radius 2 is 1.48 bits per heavy atom. The molecular formula is C31H31BF3N5O4. The zero-order chi connectivity index (χ0) is 31.9. The highest BCUT2D eigenvalue weighted by molar-refractivity contribution is 6.62. The number of anilines is 2. The van der Waals surface area contributed by atoms with Crippen molar-refractivity contribution in [3.8, 4) is 23.0 Å². The average molecular weight is 605 g/mol. The van der Waals surface area contributed by atoms with Crippen LogP contribution in [0.3, 0.4) is 0 Å². The molecule has 2 N–H and O–H groups in total. The number of carbonyl (C=O) groups excluding carboxylic acids is 1. The molecule has 9 nitrogen and oxygen atoms in total. The molecular weight excluding hydrogens is 574 g/mol. The van der Waals surface area contributed by atoms with Crippen LogP contribution in [0.5, 0.6) is 11.8 Å². The van der Waals surface area contributed by atoms with Crippen molar-refractivity contribution in [2.45, 2.75) is 58.9 Å². The van der Waals surface area contributed by atoms with Gasteiger partial charge in [0.05, 0.1) is 46.2 Å². The van der Waals surface area contributed by atoms with Gasteiger partial charge in [-0.2, -0.15) is 13.2 Å². The van der Waals surface area contributed by atoms with Gasteiger partial charge < -0.3 is 24.7 Å². The van der Waals surface area contributed by atoms with Gasteiger partial charge >= 0.3 is 25.3 Å². The minimum absolute atomic E-state index is 0.0263. The lowest BCUT2D eigenvalue weighted by molar-refractivity contribution is -0.137. The number of rotatable bonds is 6. The van der Waals surface area contributed by atoms with E-state index in [-0.39, 0.29) is 23.1 Å². The molecule has 0 bridgehead atoms. The normalized spacial score (nSPS) is 15.6. The largest absolute Gasteiger partial charge is 0.494 e. The molecule has 44 heavy (non-hydrogen) atoms. The SMILES string of the molecule is Cc1ccc(-c2ncc(C(F)(F)F)cc2NC(=O)Nc2cnc(Oc3ccc(B4OC(C)(C)C(C)(C)O4)cc3)nc2)cc1C. The minimum Gasteiger partial charge on any atom is -0.424 e. The van der Waals surface area contributed by atoms with Crippen molar-refractivity contribution in [1.82, 2.24) is 15.0 Å². The number of aromatic nitrogens is 3. The van der Waals surface area contributed by atoms with Crippen LogP contribution in [0.25, 0.3) is 11.3 Å². The number of alkyl halides is 3. The Kier molecular flexibility index (Phi) is 8.12. The third-order valence-electron chi connectivity index (χ3n) is 7.74. The van der Waals surface area contributed by atoms with Gasteiger partial charge in [-0.1, -0.05) is 24.3 Å². The number of nitrogens with zero attached hydrogens (tertiary/aromatic N) is 3. The van der Waals surface area contributed by atoms with Gasteiger partial charge in [0.2, 0.25) is 0 Å². The number of nitrogens with one attached hydrogen (secondary N) is 2. The van der Waals surface area contributed by atoms with E-state index in [4.69, 9.17) is 14.0 Å². The van der Waals surface area contributed by atoms with Gasteiger partial charge in [0.25, 0.3) is 0 Å². The Balaban J connectivity index is 1.25. The molecule has 13 heteroatoms. The third-order valence-corrected chi connectivity index (χ3v) is 7.74. The van der Waals surface area contributed by atoms with Gasteiger partial charge in [-0.25, -0.2) is 14.8 Å². The minimum atomic E-state index is -4.64. The summed E-state index contributed by atoms with van der Waals surface area (Å²) in [6, 6.07) is 12.6. The first-order valence-corrected chi connectivity index (χ1v) is 13.8. The Labute approximate surface area is 253 Å². The third kappa shape index (κ3) is 6.68. The maximum Gasteiger partial charge on any atom is 0.494 e. The molecule has 0 unspecified atom stereocenters. The van der Waals surface area contributed by atoms with Crippen molar-refractivity contribution in [2.24, 2.45) is 0 Å². The zero-order valence-electron chi connectivity index (χ0n) is 25.0. The van der Waals surface area contributed by atoms with Crippen LogP contribution in [0.15, 0.2) is 67.1 Å². The Morgan fingerprint density at radius 3 is 2.07 bits per heavy atom. The summed E-state index contributed by atoms with van der Waals surface area (Å²) >= 11 is 0. The number of urea groups is 1. The van der Waals surface area contributed by atoms with E-state index < -0.39 is 36.1 Å². The summed E-state index contributed by atoms with van der Waals surface area (Å²) in [6.07, 6.45) is -1.27. The van der Waals surface area contributed by atoms with Crippen molar-refractivity contribution < 1.29 is 32.0 Å². The van der Waals surface area contributed by atoms with Crippen LogP contribution in [0, 0.1) is 13.8 Å². The van der Waals surface area contributed by atoms with E-state index >= 15 is 0 Å². The molecule has 0 atom stereocenters. The number of halogens is 3. The number of hydrogen-bond donors (Lipinski definition) is 2. The molecule has 1 saturated heterocycles. The van der Waals surface area contributed by atoms with Crippen LogP contribution in [0.1, 0.15) is 44.4 Å². The van der Waals surface area contributed by atoms with Crippen molar-refractivity contribution >= 4 is 30.0 Å². The molecule has 228 valence electrons. The number of amides is 2. The first-order chi connectivity index (χ1) is 20.6. The highest BCUT2D eigenvalue weighted by Crippen LogP contribution is 2.37. The summed E-state index contributed by atoms with van der Waals surface area (Å²) in [5.41, 5.74) is 1.71. The van der Waals surface area contributed by atoms with Gasteiger partial charge in [-0.15, -0.1) is 0 Å². The lowest BCUT2D eigenvalue weighted by atomic mass is 9.79. The second-order valence-corrected chi connectivity index (χ2v) is 11.5. The fourth-order valence-corrected chi connectivity index (χ4v) is 4.33. The van der Waals surface area contributed by atoms with E-state index in [9.17, 15) is 18.0 Å². The molecule has 0 aliphatic carbocycles. The van der Waals surface area contributed by atoms with E-state index in [1.165, 1.54) is 12.4 Å². The smallest absolute Gasteiger partial charge is 0.424 e. The monoisotopic (exact) mass is 605 g/mol. The summed E-state index contributed by atoms with van der Waals surface area (Å²) in [5.74, 6) is 0.472. The van der Waals surface area contributed by atoms with Crippen molar-refractivity contribution in [2.75, 3.05) is 10.6 Å². The fourth-order valence-electron chi connectivity index (χ4n) is 4.33. The van der Waals surface area contributed by atoms with Crippen LogP contribution >= 0.6 is 0 Å². The van der Waals surface area contributed by atoms with E-state index in [0.29, 0.717) is 11.3 Å². The topological polar surface area (TPSA) is 107 Å². The lowest BCUT2D eigenvalue weighted by Crippen LogP contribution is -2.41. The van der Waals surface area contributed by atoms with Crippen LogP contribution in [-0.4, -0.2) is 39.3 Å². The summed E-state index contributed by atoms with van der Waals surface area (Å²) in [7, 11) is -0.509. The molecule has 2 amide bonds. The number of benzene rings is 2. The van der Waals surface area contributed by atoms with E-state index in [0.717, 1.165) is 28.9 Å². The summed E-state index contributed by atoms with van der Waals surface area (Å²) in [6.45, 7) is 11.7. The Bertz CT molecular complexity index is 1660. The lowest BCUT2D eigenvalue weighted by Gasteiger charge is -2.32. The quantitative estimate of drug-likeness (QED) is 0.230. The molecule has 3 heterocycles. The second-order valence-electron chi connectivity index (χ2n) is 11.5. The molecule has 2 aromatic carbocycles. The predicted molar refractivity (Wildman–Crippen MR) is 161 cm³/mol. The number of ether oxygens (including phenoxy) is 1. The average Bonchev–Trinajstić information content (AvgIpc) is 3.17. The number of aryl methyl sites for hydroxylation is 2. The molecule has 0 radical (unpaired) electrons. The Hall–Kier alpha value is -4.49. The molecule has 2 aromatic heterocycles. The van der Waals surface area contributed by atoms with Crippen molar-refractivity contribution in [1.29, 1.82) is 0 Å². The molecule has 1 aliphatic rings. The highest BCUT2D eigenvalue weighted by atomic mass is 19.4. The first kappa shape index (κ1) is 31.0. The number of hydrogen-bond acceptors (Lipinski definition) is 7. The molecule has 0 saturated carbocycles. The molecule has 5 rings (SSSR count). The van der Waals surface area contributed by atoms with Crippen molar-refractivity contribution in [3.63, 3.8) is 0 Å². The van der Waals surface area contributed by atoms with Gasteiger partial charge in [-0.05, 0) is 82.4 Å². The Morgan fingerprint density at radius 1 is 0.841 bits per heavy atom. The van der Waals surface area contributed by atoms with Gasteiger partial charge in [0.15, 0.2) is 0 Å². The maximum atomic E-state index is 13.4. The van der Waals surface area contributed by atoms with E-state index in [1.54, 1.807) is 24.3 Å². The van der Waals surface area contributed by atoms with Crippen molar-refractivity contribution in [3.05, 3.63) is 83.8 Å². The van der Waals surface area contributed by atoms with E-state index in [2.05, 4.69) is 25.6 Å².